The van der Waals surface area contributed by atoms with Crippen LogP contribution in [0.1, 0.15) is 11.4 Å². The van der Waals surface area contributed by atoms with E-state index >= 15 is 0 Å². The van der Waals surface area contributed by atoms with Crippen LogP contribution < -0.4 is 11.2 Å². The van der Waals surface area contributed by atoms with Crippen molar-refractivity contribution in [1.82, 2.24) is 19.5 Å². The van der Waals surface area contributed by atoms with E-state index in [0.717, 1.165) is 4.57 Å². The molecule has 0 bridgehead atoms. The van der Waals surface area contributed by atoms with Crippen LogP contribution in [0, 0.1) is 13.8 Å². The van der Waals surface area contributed by atoms with Gasteiger partial charge in [0.15, 0.2) is 11.2 Å². The fraction of sp³-hybridized carbons (Fsp3) is 0.455. The maximum Gasteiger partial charge on any atom is 0.330 e. The van der Waals surface area contributed by atoms with E-state index in [9.17, 15) is 9.59 Å². The molecule has 19 heavy (non-hydrogen) atoms. The molecule has 2 aromatic heterocycles. The Morgan fingerprint density at radius 3 is 2.53 bits per heavy atom. The van der Waals surface area contributed by atoms with Crippen molar-refractivity contribution in [1.29, 1.82) is 0 Å². The second kappa shape index (κ2) is 5.38. The Hall–Kier alpha value is -1.28. The molecule has 0 spiro atoms. The first kappa shape index (κ1) is 14.1. The SMILES string of the molecule is Cc1nc2[nH]c(=O)n(C[C@@H](S)CS)c(=O)c2nc1C. The minimum atomic E-state index is -0.504. The largest absolute Gasteiger partial charge is 0.330 e. The van der Waals surface area contributed by atoms with Gasteiger partial charge in [-0.2, -0.15) is 25.3 Å². The topological polar surface area (TPSA) is 80.6 Å². The van der Waals surface area contributed by atoms with Gasteiger partial charge in [-0.1, -0.05) is 0 Å². The predicted octanol–water partition coefficient (Wildman–Crippen LogP) is 0.325. The van der Waals surface area contributed by atoms with Gasteiger partial charge in [0.2, 0.25) is 0 Å². The molecule has 0 saturated heterocycles. The lowest BCUT2D eigenvalue weighted by atomic mass is 10.3. The lowest BCUT2D eigenvalue weighted by Crippen LogP contribution is -2.38. The van der Waals surface area contributed by atoms with Gasteiger partial charge >= 0.3 is 5.69 Å². The highest BCUT2D eigenvalue weighted by atomic mass is 32.1. The summed E-state index contributed by atoms with van der Waals surface area (Å²) in [6.07, 6.45) is 0. The molecule has 2 rings (SSSR count). The van der Waals surface area contributed by atoms with Crippen LogP contribution in [0.3, 0.4) is 0 Å². The molecule has 0 radical (unpaired) electrons. The quantitative estimate of drug-likeness (QED) is 0.713. The van der Waals surface area contributed by atoms with Crippen LogP contribution in [-0.4, -0.2) is 30.5 Å². The van der Waals surface area contributed by atoms with Crippen LogP contribution in [0.25, 0.3) is 11.2 Å². The minimum Gasteiger partial charge on any atom is -0.290 e. The first-order valence-corrected chi connectivity index (χ1v) is 6.86. The highest BCUT2D eigenvalue weighted by Crippen LogP contribution is 2.05. The fourth-order valence-corrected chi connectivity index (χ4v) is 1.94. The smallest absolute Gasteiger partial charge is 0.290 e. The molecule has 102 valence electrons. The second-order valence-corrected chi connectivity index (χ2v) is 5.37. The van der Waals surface area contributed by atoms with E-state index in [4.69, 9.17) is 0 Å². The lowest BCUT2D eigenvalue weighted by Gasteiger charge is -2.10. The summed E-state index contributed by atoms with van der Waals surface area (Å²) < 4.78 is 1.08. The number of rotatable bonds is 3. The van der Waals surface area contributed by atoms with E-state index in [1.165, 1.54) is 0 Å². The summed E-state index contributed by atoms with van der Waals surface area (Å²) in [6, 6.07) is 0. The van der Waals surface area contributed by atoms with E-state index in [0.29, 0.717) is 17.1 Å². The third kappa shape index (κ3) is 2.69. The van der Waals surface area contributed by atoms with Crippen molar-refractivity contribution in [2.45, 2.75) is 25.6 Å². The molecule has 8 heteroatoms. The molecule has 1 N–H and O–H groups in total. The zero-order chi connectivity index (χ0) is 14.2. The van der Waals surface area contributed by atoms with Gasteiger partial charge in [0.05, 0.1) is 11.4 Å². The first-order valence-electron chi connectivity index (χ1n) is 5.71. The van der Waals surface area contributed by atoms with Crippen molar-refractivity contribution in [2.75, 3.05) is 5.75 Å². The predicted molar refractivity (Wildman–Crippen MR) is 80.5 cm³/mol. The molecule has 2 heterocycles. The molecule has 0 fully saturated rings. The van der Waals surface area contributed by atoms with Gasteiger partial charge in [-0.25, -0.2) is 14.8 Å². The van der Waals surface area contributed by atoms with E-state index < -0.39 is 11.2 Å². The average Bonchev–Trinajstić information content (AvgIpc) is 2.37. The molecule has 1 atom stereocenters. The van der Waals surface area contributed by atoms with Crippen molar-refractivity contribution in [3.05, 3.63) is 32.2 Å². The van der Waals surface area contributed by atoms with Crippen molar-refractivity contribution in [3.8, 4) is 0 Å². The van der Waals surface area contributed by atoms with Crippen LogP contribution in [0.2, 0.25) is 0 Å². The lowest BCUT2D eigenvalue weighted by molar-refractivity contribution is 0.636. The van der Waals surface area contributed by atoms with E-state index in [1.807, 2.05) is 0 Å². The molecule has 6 nitrogen and oxygen atoms in total. The van der Waals surface area contributed by atoms with Gasteiger partial charge in [-0.3, -0.25) is 14.3 Å². The number of H-pyrrole nitrogens is 1. The monoisotopic (exact) mass is 298 g/mol. The number of nitrogens with one attached hydrogen (secondary N) is 1. The molecular weight excluding hydrogens is 284 g/mol. The van der Waals surface area contributed by atoms with Crippen LogP contribution in [0.5, 0.6) is 0 Å². The van der Waals surface area contributed by atoms with Gasteiger partial charge in [0.25, 0.3) is 5.56 Å². The summed E-state index contributed by atoms with van der Waals surface area (Å²) in [5.41, 5.74) is 0.784. The molecule has 0 aromatic carbocycles. The Bertz CT molecular complexity index is 738. The second-order valence-electron chi connectivity index (χ2n) is 4.27. The summed E-state index contributed by atoms with van der Waals surface area (Å²) in [6.45, 7) is 3.73. The van der Waals surface area contributed by atoms with Gasteiger partial charge in [0, 0.05) is 17.5 Å². The van der Waals surface area contributed by atoms with Crippen molar-refractivity contribution < 1.29 is 0 Å². The normalized spacial score (nSPS) is 12.8. The standard InChI is InChI=1S/C11H14N4O2S2/c1-5-6(2)13-9-8(12-5)10(16)15(11(17)14-9)3-7(19)4-18/h7,18-19H,3-4H2,1-2H3,(H,13,14,17)/t7-/m1/s1. The number of aryl methyl sites for hydroxylation is 2. The Kier molecular flexibility index (Phi) is 4.00. The molecule has 0 saturated carbocycles. The summed E-state index contributed by atoms with van der Waals surface area (Å²) >= 11 is 8.33. The number of thiol groups is 2. The Labute approximate surface area is 120 Å². The number of aromatic amines is 1. The van der Waals surface area contributed by atoms with Crippen molar-refractivity contribution in [3.63, 3.8) is 0 Å². The molecule has 2 aromatic rings. The summed E-state index contributed by atoms with van der Waals surface area (Å²) in [5.74, 6) is 0.464. The highest BCUT2D eigenvalue weighted by Gasteiger charge is 2.13. The average molecular weight is 298 g/mol. The van der Waals surface area contributed by atoms with Gasteiger partial charge in [-0.15, -0.1) is 0 Å². The Morgan fingerprint density at radius 1 is 1.26 bits per heavy atom. The molecule has 0 aliphatic rings. The van der Waals surface area contributed by atoms with Crippen LogP contribution in [0.4, 0.5) is 0 Å². The van der Waals surface area contributed by atoms with E-state index in [1.54, 1.807) is 13.8 Å². The number of aromatic nitrogens is 4. The van der Waals surface area contributed by atoms with Gasteiger partial charge < -0.3 is 0 Å². The fourth-order valence-electron chi connectivity index (χ4n) is 1.66. The minimum absolute atomic E-state index is 0.169. The first-order chi connectivity index (χ1) is 8.93. The summed E-state index contributed by atoms with van der Waals surface area (Å²) in [4.78, 5) is 35.1. The highest BCUT2D eigenvalue weighted by molar-refractivity contribution is 7.84. The van der Waals surface area contributed by atoms with Gasteiger partial charge in [0.1, 0.15) is 0 Å². The van der Waals surface area contributed by atoms with Crippen LogP contribution in [-0.2, 0) is 6.54 Å². The van der Waals surface area contributed by atoms with E-state index in [2.05, 4.69) is 40.2 Å². The summed E-state index contributed by atoms with van der Waals surface area (Å²) in [7, 11) is 0. The van der Waals surface area contributed by atoms with Crippen molar-refractivity contribution in [2.24, 2.45) is 0 Å². The molecule has 0 unspecified atom stereocenters. The molecule has 0 aliphatic heterocycles. The Balaban J connectivity index is 2.71. The zero-order valence-corrected chi connectivity index (χ0v) is 12.3. The number of fused-ring (bicyclic) bond motifs is 1. The molecule has 0 aliphatic carbocycles. The Morgan fingerprint density at radius 2 is 1.89 bits per heavy atom. The van der Waals surface area contributed by atoms with Crippen molar-refractivity contribution >= 4 is 36.4 Å². The van der Waals surface area contributed by atoms with Crippen LogP contribution in [0.15, 0.2) is 9.59 Å². The zero-order valence-electron chi connectivity index (χ0n) is 10.5. The molecule has 0 amide bonds. The molecular formula is C11H14N4O2S2. The third-order valence-electron chi connectivity index (χ3n) is 2.83. The van der Waals surface area contributed by atoms with Crippen LogP contribution >= 0.6 is 25.3 Å². The summed E-state index contributed by atoms with van der Waals surface area (Å²) in [5, 5.41) is -0.181. The third-order valence-corrected chi connectivity index (χ3v) is 3.90. The van der Waals surface area contributed by atoms with Gasteiger partial charge in [-0.05, 0) is 13.8 Å². The number of hydrogen-bond acceptors (Lipinski definition) is 6. The maximum absolute atomic E-state index is 12.2. The number of nitrogens with zero attached hydrogens (tertiary/aromatic N) is 3. The maximum atomic E-state index is 12.2. The van der Waals surface area contributed by atoms with E-state index in [-0.39, 0.29) is 23.0 Å². The number of hydrogen-bond donors (Lipinski definition) is 3.